The average molecular weight is 297 g/mol. The molecule has 2 bridgehead atoms. The number of hydrogen-bond donors (Lipinski definition) is 1. The number of piperidine rings is 1. The molecule has 0 amide bonds. The van der Waals surface area contributed by atoms with Gasteiger partial charge in [0.15, 0.2) is 0 Å². The van der Waals surface area contributed by atoms with Gasteiger partial charge >= 0.3 is 0 Å². The van der Waals surface area contributed by atoms with Crippen molar-refractivity contribution in [1.29, 1.82) is 0 Å². The highest BCUT2D eigenvalue weighted by atomic mass is 79.9. The fraction of sp³-hybridized carbons (Fsp3) is 0.615. The van der Waals surface area contributed by atoms with Crippen molar-refractivity contribution in [3.05, 3.63) is 22.3 Å². The van der Waals surface area contributed by atoms with E-state index in [0.29, 0.717) is 12.1 Å². The predicted octanol–water partition coefficient (Wildman–Crippen LogP) is 2.64. The Morgan fingerprint density at radius 2 is 2.00 bits per heavy atom. The molecule has 4 heteroatoms. The van der Waals surface area contributed by atoms with Crippen LogP contribution in [0.25, 0.3) is 0 Å². The second kappa shape index (κ2) is 4.25. The van der Waals surface area contributed by atoms with Gasteiger partial charge in [-0.25, -0.2) is 4.98 Å². The zero-order chi connectivity index (χ0) is 12.0. The molecule has 3 nitrogen and oxygen atoms in total. The maximum Gasteiger partial charge on any atom is 0.129 e. The van der Waals surface area contributed by atoms with E-state index >= 15 is 0 Å². The van der Waals surface area contributed by atoms with E-state index in [4.69, 9.17) is 0 Å². The van der Waals surface area contributed by atoms with Gasteiger partial charge in [-0.15, -0.1) is 0 Å². The Kier molecular flexibility index (Phi) is 2.87. The summed E-state index contributed by atoms with van der Waals surface area (Å²) in [5.74, 6) is 1.07. The number of aliphatic hydroxyl groups is 1. The number of aromatic nitrogens is 1. The van der Waals surface area contributed by atoms with Gasteiger partial charge in [0.05, 0.1) is 6.10 Å². The molecular weight excluding hydrogens is 280 g/mol. The molecule has 1 aromatic heterocycles. The third kappa shape index (κ3) is 1.97. The van der Waals surface area contributed by atoms with E-state index in [1.807, 2.05) is 6.20 Å². The molecule has 0 radical (unpaired) electrons. The van der Waals surface area contributed by atoms with Gasteiger partial charge in [0, 0.05) is 22.8 Å². The number of pyridine rings is 1. The minimum absolute atomic E-state index is 0.111. The third-order valence-electron chi connectivity index (χ3n) is 4.01. The van der Waals surface area contributed by atoms with Gasteiger partial charge in [-0.05, 0) is 60.2 Å². The summed E-state index contributed by atoms with van der Waals surface area (Å²) in [6.07, 6.45) is 5.95. The molecule has 2 aliphatic rings. The molecule has 0 aliphatic carbocycles. The van der Waals surface area contributed by atoms with Gasteiger partial charge in [-0.2, -0.15) is 0 Å². The highest BCUT2D eigenvalue weighted by Crippen LogP contribution is 2.39. The van der Waals surface area contributed by atoms with Crippen LogP contribution < -0.4 is 4.90 Å². The number of fused-ring (bicyclic) bond motifs is 2. The largest absolute Gasteiger partial charge is 0.393 e. The van der Waals surface area contributed by atoms with E-state index in [-0.39, 0.29) is 6.10 Å². The zero-order valence-corrected chi connectivity index (χ0v) is 11.5. The maximum absolute atomic E-state index is 9.80. The molecule has 1 N–H and O–H groups in total. The van der Waals surface area contributed by atoms with E-state index in [1.54, 1.807) is 0 Å². The summed E-state index contributed by atoms with van der Waals surface area (Å²) in [6.45, 7) is 2.09. The lowest BCUT2D eigenvalue weighted by Crippen LogP contribution is -2.45. The summed E-state index contributed by atoms with van der Waals surface area (Å²) < 4.78 is 1.06. The molecule has 2 unspecified atom stereocenters. The molecule has 1 aromatic rings. The number of halogens is 1. The Morgan fingerprint density at radius 1 is 1.35 bits per heavy atom. The molecule has 17 heavy (non-hydrogen) atoms. The summed E-state index contributed by atoms with van der Waals surface area (Å²) in [7, 11) is 0. The fourth-order valence-electron chi connectivity index (χ4n) is 3.19. The van der Waals surface area contributed by atoms with Crippen molar-refractivity contribution in [3.8, 4) is 0 Å². The monoisotopic (exact) mass is 296 g/mol. The Bertz CT molecular complexity index is 423. The first-order chi connectivity index (χ1) is 8.15. The first-order valence-electron chi connectivity index (χ1n) is 6.23. The van der Waals surface area contributed by atoms with Crippen LogP contribution in [0.1, 0.15) is 31.2 Å². The lowest BCUT2D eigenvalue weighted by atomic mass is 10.00. The Balaban J connectivity index is 1.92. The molecule has 92 valence electrons. The third-order valence-corrected chi connectivity index (χ3v) is 4.84. The van der Waals surface area contributed by atoms with Crippen molar-refractivity contribution in [3.63, 3.8) is 0 Å². The number of hydrogen-bond acceptors (Lipinski definition) is 3. The zero-order valence-electron chi connectivity index (χ0n) is 9.93. The predicted molar refractivity (Wildman–Crippen MR) is 71.2 cm³/mol. The summed E-state index contributed by atoms with van der Waals surface area (Å²) in [5.41, 5.74) is 1.22. The maximum atomic E-state index is 9.80. The van der Waals surface area contributed by atoms with E-state index in [1.165, 1.54) is 18.4 Å². The number of aryl methyl sites for hydroxylation is 1. The molecule has 3 heterocycles. The van der Waals surface area contributed by atoms with Crippen LogP contribution in [0.2, 0.25) is 0 Å². The quantitative estimate of drug-likeness (QED) is 0.865. The molecule has 2 atom stereocenters. The SMILES string of the molecule is Cc1cc(N2C3CCC2CC(O)C3)ncc1Br. The van der Waals surface area contributed by atoms with Crippen LogP contribution in [-0.2, 0) is 0 Å². The lowest BCUT2D eigenvalue weighted by Gasteiger charge is -2.38. The molecule has 2 saturated heterocycles. The van der Waals surface area contributed by atoms with E-state index < -0.39 is 0 Å². The van der Waals surface area contributed by atoms with Gasteiger partial charge < -0.3 is 10.0 Å². The Labute approximate surface area is 110 Å². The summed E-state index contributed by atoms with van der Waals surface area (Å²) in [4.78, 5) is 6.95. The van der Waals surface area contributed by atoms with Gasteiger partial charge in [-0.1, -0.05) is 0 Å². The van der Waals surface area contributed by atoms with E-state index in [2.05, 4.69) is 38.8 Å². The smallest absolute Gasteiger partial charge is 0.129 e. The van der Waals surface area contributed by atoms with Crippen LogP contribution >= 0.6 is 15.9 Å². The van der Waals surface area contributed by atoms with Crippen molar-refractivity contribution in [2.45, 2.75) is 50.8 Å². The minimum atomic E-state index is -0.111. The molecule has 2 aliphatic heterocycles. The molecule has 0 spiro atoms. The van der Waals surface area contributed by atoms with Crippen LogP contribution in [0.3, 0.4) is 0 Å². The van der Waals surface area contributed by atoms with Crippen LogP contribution in [0, 0.1) is 6.92 Å². The Morgan fingerprint density at radius 3 is 2.59 bits per heavy atom. The van der Waals surface area contributed by atoms with Gasteiger partial charge in [0.25, 0.3) is 0 Å². The minimum Gasteiger partial charge on any atom is -0.393 e. The molecule has 3 rings (SSSR count). The van der Waals surface area contributed by atoms with Crippen molar-refractivity contribution in [2.75, 3.05) is 4.90 Å². The normalized spacial score (nSPS) is 31.9. The van der Waals surface area contributed by atoms with Crippen LogP contribution in [0.5, 0.6) is 0 Å². The number of anilines is 1. The van der Waals surface area contributed by atoms with Crippen molar-refractivity contribution >= 4 is 21.7 Å². The van der Waals surface area contributed by atoms with Gasteiger partial charge in [0.1, 0.15) is 5.82 Å². The average Bonchev–Trinajstić information content (AvgIpc) is 2.55. The van der Waals surface area contributed by atoms with Crippen LogP contribution in [0.4, 0.5) is 5.82 Å². The van der Waals surface area contributed by atoms with Crippen molar-refractivity contribution < 1.29 is 5.11 Å². The van der Waals surface area contributed by atoms with E-state index in [0.717, 1.165) is 23.1 Å². The summed E-state index contributed by atoms with van der Waals surface area (Å²) >= 11 is 3.49. The standard InChI is InChI=1S/C13H17BrN2O/c1-8-4-13(15-7-12(8)14)16-9-2-3-10(16)6-11(17)5-9/h4,7,9-11,17H,2-3,5-6H2,1H3. The first kappa shape index (κ1) is 11.5. The van der Waals surface area contributed by atoms with E-state index in [9.17, 15) is 5.11 Å². The highest BCUT2D eigenvalue weighted by molar-refractivity contribution is 9.10. The number of aliphatic hydroxyl groups excluding tert-OH is 1. The van der Waals surface area contributed by atoms with Crippen molar-refractivity contribution in [2.24, 2.45) is 0 Å². The second-order valence-corrected chi connectivity index (χ2v) is 6.06. The summed E-state index contributed by atoms with van der Waals surface area (Å²) in [5, 5.41) is 9.80. The molecule has 0 saturated carbocycles. The molecule has 2 fully saturated rings. The Hall–Kier alpha value is -0.610. The van der Waals surface area contributed by atoms with Gasteiger partial charge in [-0.3, -0.25) is 0 Å². The number of rotatable bonds is 1. The molecule has 0 aromatic carbocycles. The van der Waals surface area contributed by atoms with Crippen LogP contribution in [0.15, 0.2) is 16.7 Å². The first-order valence-corrected chi connectivity index (χ1v) is 7.03. The number of nitrogens with zero attached hydrogens (tertiary/aromatic N) is 2. The topological polar surface area (TPSA) is 36.4 Å². The van der Waals surface area contributed by atoms with Crippen LogP contribution in [-0.4, -0.2) is 28.3 Å². The lowest BCUT2D eigenvalue weighted by molar-refractivity contribution is 0.126. The van der Waals surface area contributed by atoms with Crippen molar-refractivity contribution in [1.82, 2.24) is 4.98 Å². The fourth-order valence-corrected chi connectivity index (χ4v) is 3.40. The summed E-state index contributed by atoms with van der Waals surface area (Å²) in [6, 6.07) is 3.11. The van der Waals surface area contributed by atoms with Gasteiger partial charge in [0.2, 0.25) is 0 Å². The highest BCUT2D eigenvalue weighted by Gasteiger charge is 2.40. The molecular formula is C13H17BrN2O. The second-order valence-electron chi connectivity index (χ2n) is 5.21.